The van der Waals surface area contributed by atoms with E-state index >= 15 is 0 Å². The van der Waals surface area contributed by atoms with E-state index in [-0.39, 0.29) is 5.78 Å². The van der Waals surface area contributed by atoms with Crippen LogP contribution in [0.4, 0.5) is 0 Å². The number of hydrogen-bond acceptors (Lipinski definition) is 3. The molecule has 0 bridgehead atoms. The van der Waals surface area contributed by atoms with Crippen molar-refractivity contribution in [3.63, 3.8) is 0 Å². The van der Waals surface area contributed by atoms with Crippen LogP contribution in [0.3, 0.4) is 0 Å². The molecule has 0 amide bonds. The summed E-state index contributed by atoms with van der Waals surface area (Å²) in [5, 5.41) is 6.78. The summed E-state index contributed by atoms with van der Waals surface area (Å²) in [7, 11) is 1.60. The first kappa shape index (κ1) is 14.8. The van der Waals surface area contributed by atoms with E-state index in [0.29, 0.717) is 11.3 Å². The number of aromatic amines is 1. The number of ether oxygens (including phenoxy) is 1. The van der Waals surface area contributed by atoms with Gasteiger partial charge in [-0.05, 0) is 29.8 Å². The van der Waals surface area contributed by atoms with E-state index < -0.39 is 0 Å². The standard InChI is InChI=1S/C19H16N2O2/c1-23-17-11-9-15(10-12-17)19(22)18-16(13-20-21-18)8-7-14-5-3-2-4-6-14/h2-13H,1H3,(H,20,21)/b8-7+. The van der Waals surface area contributed by atoms with Gasteiger partial charge in [-0.3, -0.25) is 9.89 Å². The van der Waals surface area contributed by atoms with Crippen LogP contribution in [0.2, 0.25) is 0 Å². The number of nitrogens with zero attached hydrogens (tertiary/aromatic N) is 1. The Labute approximate surface area is 134 Å². The second-order valence-electron chi connectivity index (χ2n) is 5.00. The lowest BCUT2D eigenvalue weighted by Crippen LogP contribution is -2.03. The van der Waals surface area contributed by atoms with Crippen molar-refractivity contribution in [3.05, 3.63) is 83.2 Å². The predicted molar refractivity (Wildman–Crippen MR) is 90.4 cm³/mol. The van der Waals surface area contributed by atoms with Crippen LogP contribution in [0.25, 0.3) is 12.2 Å². The number of methoxy groups -OCH3 is 1. The van der Waals surface area contributed by atoms with Gasteiger partial charge in [0.05, 0.1) is 13.3 Å². The third-order valence-corrected chi connectivity index (χ3v) is 3.50. The zero-order valence-electron chi connectivity index (χ0n) is 12.7. The summed E-state index contributed by atoms with van der Waals surface area (Å²) in [4.78, 5) is 12.6. The number of rotatable bonds is 5. The van der Waals surface area contributed by atoms with Gasteiger partial charge in [0.25, 0.3) is 0 Å². The Morgan fingerprint density at radius 2 is 1.78 bits per heavy atom. The minimum Gasteiger partial charge on any atom is -0.497 e. The van der Waals surface area contributed by atoms with E-state index in [1.54, 1.807) is 37.6 Å². The predicted octanol–water partition coefficient (Wildman–Crippen LogP) is 3.82. The zero-order valence-corrected chi connectivity index (χ0v) is 12.7. The van der Waals surface area contributed by atoms with Crippen LogP contribution in [-0.4, -0.2) is 23.1 Å². The summed E-state index contributed by atoms with van der Waals surface area (Å²) in [6, 6.07) is 16.9. The molecular formula is C19H16N2O2. The van der Waals surface area contributed by atoms with E-state index in [1.807, 2.05) is 42.5 Å². The van der Waals surface area contributed by atoms with Gasteiger partial charge in [-0.25, -0.2) is 0 Å². The van der Waals surface area contributed by atoms with Gasteiger partial charge >= 0.3 is 0 Å². The maximum atomic E-state index is 12.6. The fourth-order valence-electron chi connectivity index (χ4n) is 2.24. The number of nitrogens with one attached hydrogen (secondary N) is 1. The minimum absolute atomic E-state index is 0.0992. The van der Waals surface area contributed by atoms with E-state index in [0.717, 1.165) is 16.9 Å². The van der Waals surface area contributed by atoms with Crippen molar-refractivity contribution in [2.45, 2.75) is 0 Å². The van der Waals surface area contributed by atoms with Crippen molar-refractivity contribution in [2.24, 2.45) is 0 Å². The third kappa shape index (κ3) is 3.37. The molecule has 3 aromatic rings. The van der Waals surface area contributed by atoms with E-state index in [2.05, 4.69) is 10.2 Å². The van der Waals surface area contributed by atoms with Crippen molar-refractivity contribution >= 4 is 17.9 Å². The summed E-state index contributed by atoms with van der Waals surface area (Å²) in [5.74, 6) is 0.619. The largest absolute Gasteiger partial charge is 0.497 e. The van der Waals surface area contributed by atoms with Gasteiger partial charge < -0.3 is 4.74 Å². The number of ketones is 1. The lowest BCUT2D eigenvalue weighted by Gasteiger charge is -2.02. The average molecular weight is 304 g/mol. The van der Waals surface area contributed by atoms with Crippen LogP contribution < -0.4 is 4.74 Å². The van der Waals surface area contributed by atoms with Gasteiger partial charge in [0.1, 0.15) is 11.4 Å². The molecule has 4 nitrogen and oxygen atoms in total. The number of H-pyrrole nitrogens is 1. The number of hydrogen-bond donors (Lipinski definition) is 1. The molecule has 0 aliphatic rings. The van der Waals surface area contributed by atoms with Crippen molar-refractivity contribution in [1.29, 1.82) is 0 Å². The molecule has 1 N–H and O–H groups in total. The van der Waals surface area contributed by atoms with Gasteiger partial charge in [0, 0.05) is 11.1 Å². The number of aromatic nitrogens is 2. The van der Waals surface area contributed by atoms with E-state index in [4.69, 9.17) is 4.74 Å². The highest BCUT2D eigenvalue weighted by atomic mass is 16.5. The van der Waals surface area contributed by atoms with E-state index in [9.17, 15) is 4.79 Å². The monoisotopic (exact) mass is 304 g/mol. The second kappa shape index (κ2) is 6.75. The Morgan fingerprint density at radius 1 is 1.04 bits per heavy atom. The summed E-state index contributed by atoms with van der Waals surface area (Å²) in [6.45, 7) is 0. The minimum atomic E-state index is -0.0992. The fourth-order valence-corrected chi connectivity index (χ4v) is 2.24. The molecule has 114 valence electrons. The van der Waals surface area contributed by atoms with Crippen LogP contribution >= 0.6 is 0 Å². The van der Waals surface area contributed by atoms with Gasteiger partial charge in [0.2, 0.25) is 5.78 Å². The molecule has 0 atom stereocenters. The molecule has 23 heavy (non-hydrogen) atoms. The highest BCUT2D eigenvalue weighted by Crippen LogP contribution is 2.17. The first-order valence-corrected chi connectivity index (χ1v) is 7.23. The van der Waals surface area contributed by atoms with E-state index in [1.165, 1.54) is 0 Å². The van der Waals surface area contributed by atoms with Gasteiger partial charge in [-0.15, -0.1) is 0 Å². The smallest absolute Gasteiger partial charge is 0.211 e. The second-order valence-corrected chi connectivity index (χ2v) is 5.00. The molecule has 0 aliphatic carbocycles. The Morgan fingerprint density at radius 3 is 2.48 bits per heavy atom. The molecule has 0 aliphatic heterocycles. The Kier molecular flexibility index (Phi) is 4.34. The molecule has 1 aromatic heterocycles. The third-order valence-electron chi connectivity index (χ3n) is 3.50. The fraction of sp³-hybridized carbons (Fsp3) is 0.0526. The number of benzene rings is 2. The zero-order chi connectivity index (χ0) is 16.1. The summed E-state index contributed by atoms with van der Waals surface area (Å²) in [5.41, 5.74) is 2.89. The SMILES string of the molecule is COc1ccc(C(=O)c2[nH]ncc2/C=C/c2ccccc2)cc1. The Hall–Kier alpha value is -3.14. The van der Waals surface area contributed by atoms with Crippen molar-refractivity contribution in [3.8, 4) is 5.75 Å². The van der Waals surface area contributed by atoms with Crippen LogP contribution in [0.5, 0.6) is 5.75 Å². The molecule has 2 aromatic carbocycles. The molecule has 0 spiro atoms. The molecule has 0 radical (unpaired) electrons. The van der Waals surface area contributed by atoms with Gasteiger partial charge in [-0.1, -0.05) is 42.5 Å². The normalized spacial score (nSPS) is 10.8. The first-order chi connectivity index (χ1) is 11.3. The quantitative estimate of drug-likeness (QED) is 0.729. The molecular weight excluding hydrogens is 288 g/mol. The lowest BCUT2D eigenvalue weighted by molar-refractivity contribution is 0.103. The van der Waals surface area contributed by atoms with Gasteiger partial charge in [-0.2, -0.15) is 5.10 Å². The molecule has 3 rings (SSSR count). The average Bonchev–Trinajstić information content (AvgIpc) is 3.09. The lowest BCUT2D eigenvalue weighted by atomic mass is 10.0. The Balaban J connectivity index is 1.85. The molecule has 1 heterocycles. The van der Waals surface area contributed by atoms with Crippen molar-refractivity contribution < 1.29 is 9.53 Å². The maximum Gasteiger partial charge on any atom is 0.211 e. The summed E-state index contributed by atoms with van der Waals surface area (Å²) in [6.07, 6.45) is 5.49. The number of carbonyl (C=O) groups excluding carboxylic acids is 1. The van der Waals surface area contributed by atoms with Crippen LogP contribution in [-0.2, 0) is 0 Å². The Bertz CT molecular complexity index is 818. The molecule has 4 heteroatoms. The van der Waals surface area contributed by atoms with Crippen LogP contribution in [0.15, 0.2) is 60.8 Å². The molecule has 0 saturated heterocycles. The summed E-state index contributed by atoms with van der Waals surface area (Å²) >= 11 is 0. The van der Waals surface area contributed by atoms with Crippen LogP contribution in [0.1, 0.15) is 27.2 Å². The van der Waals surface area contributed by atoms with Gasteiger partial charge in [0.15, 0.2) is 0 Å². The first-order valence-electron chi connectivity index (χ1n) is 7.23. The topological polar surface area (TPSA) is 55.0 Å². The highest BCUT2D eigenvalue weighted by Gasteiger charge is 2.14. The summed E-state index contributed by atoms with van der Waals surface area (Å²) < 4.78 is 5.11. The molecule has 0 unspecified atom stereocenters. The number of carbonyl (C=O) groups is 1. The van der Waals surface area contributed by atoms with Crippen molar-refractivity contribution in [2.75, 3.05) is 7.11 Å². The van der Waals surface area contributed by atoms with Crippen molar-refractivity contribution in [1.82, 2.24) is 10.2 Å². The molecule has 0 saturated carbocycles. The maximum absolute atomic E-state index is 12.6. The highest BCUT2D eigenvalue weighted by molar-refractivity contribution is 6.10. The van der Waals surface area contributed by atoms with Crippen LogP contribution in [0, 0.1) is 0 Å². The molecule has 0 fully saturated rings.